The minimum Gasteiger partial charge on any atom is -0.382 e. The standard InChI is InChI=1S/C9H12BN/c10-7-2-1-3-9(6-7)11-8-4-5-8/h1-3,6,8,11H,4-5,10H2. The Kier molecular flexibility index (Phi) is 1.61. The molecule has 1 aromatic carbocycles. The quantitative estimate of drug-likeness (QED) is 0.598. The summed E-state index contributed by atoms with van der Waals surface area (Å²) in [6.07, 6.45) is 2.68. The van der Waals surface area contributed by atoms with E-state index in [0.717, 1.165) is 6.04 Å². The lowest BCUT2D eigenvalue weighted by atomic mass is 9.96. The zero-order valence-electron chi connectivity index (χ0n) is 6.80. The van der Waals surface area contributed by atoms with Gasteiger partial charge in [-0.25, -0.2) is 0 Å². The van der Waals surface area contributed by atoms with Crippen LogP contribution in [0, 0.1) is 0 Å². The van der Waals surface area contributed by atoms with Crippen molar-refractivity contribution in [1.82, 2.24) is 0 Å². The molecule has 2 rings (SSSR count). The van der Waals surface area contributed by atoms with Crippen molar-refractivity contribution < 1.29 is 0 Å². The third-order valence-corrected chi connectivity index (χ3v) is 1.97. The fourth-order valence-corrected chi connectivity index (χ4v) is 1.20. The molecular weight excluding hydrogens is 133 g/mol. The topological polar surface area (TPSA) is 12.0 Å². The van der Waals surface area contributed by atoms with E-state index in [9.17, 15) is 0 Å². The molecule has 1 N–H and O–H groups in total. The van der Waals surface area contributed by atoms with Crippen LogP contribution in [0.2, 0.25) is 0 Å². The van der Waals surface area contributed by atoms with Gasteiger partial charge in [-0.3, -0.25) is 0 Å². The minimum absolute atomic E-state index is 0.761. The Morgan fingerprint density at radius 1 is 1.36 bits per heavy atom. The first-order valence-electron chi connectivity index (χ1n) is 4.18. The Balaban J connectivity index is 2.10. The summed E-state index contributed by atoms with van der Waals surface area (Å²) in [5.41, 5.74) is 2.60. The fourth-order valence-electron chi connectivity index (χ4n) is 1.20. The van der Waals surface area contributed by atoms with Crippen molar-refractivity contribution in [3.05, 3.63) is 24.3 Å². The van der Waals surface area contributed by atoms with Crippen LogP contribution < -0.4 is 10.8 Å². The maximum absolute atomic E-state index is 3.46. The van der Waals surface area contributed by atoms with Gasteiger partial charge in [-0.05, 0) is 25.0 Å². The first-order chi connectivity index (χ1) is 5.34. The van der Waals surface area contributed by atoms with Crippen LogP contribution in [0.5, 0.6) is 0 Å². The second kappa shape index (κ2) is 2.61. The first kappa shape index (κ1) is 6.77. The van der Waals surface area contributed by atoms with E-state index in [4.69, 9.17) is 0 Å². The van der Waals surface area contributed by atoms with Gasteiger partial charge in [0.1, 0.15) is 7.85 Å². The van der Waals surface area contributed by atoms with Crippen molar-refractivity contribution in [2.45, 2.75) is 18.9 Å². The van der Waals surface area contributed by atoms with Crippen LogP contribution in [0.1, 0.15) is 12.8 Å². The molecule has 0 aromatic heterocycles. The highest BCUT2D eigenvalue weighted by atomic mass is 14.9. The Labute approximate surface area is 68.2 Å². The van der Waals surface area contributed by atoms with Crippen molar-refractivity contribution >= 4 is 19.0 Å². The Bertz CT molecular complexity index is 255. The van der Waals surface area contributed by atoms with Gasteiger partial charge in [0.2, 0.25) is 0 Å². The summed E-state index contributed by atoms with van der Waals surface area (Å²) in [6, 6.07) is 9.30. The Morgan fingerprint density at radius 2 is 2.18 bits per heavy atom. The second-order valence-corrected chi connectivity index (χ2v) is 3.29. The average Bonchev–Trinajstić information content (AvgIpc) is 2.71. The smallest absolute Gasteiger partial charge is 0.139 e. The van der Waals surface area contributed by atoms with Crippen molar-refractivity contribution in [2.24, 2.45) is 0 Å². The molecule has 2 heteroatoms. The summed E-state index contributed by atoms with van der Waals surface area (Å²) in [7, 11) is 2.12. The molecule has 0 heterocycles. The van der Waals surface area contributed by atoms with Crippen molar-refractivity contribution in [1.29, 1.82) is 0 Å². The average molecular weight is 145 g/mol. The normalized spacial score (nSPS) is 16.4. The SMILES string of the molecule is Bc1cccc(NC2CC2)c1. The molecule has 11 heavy (non-hydrogen) atoms. The van der Waals surface area contributed by atoms with Crippen LogP contribution in [0.25, 0.3) is 0 Å². The van der Waals surface area contributed by atoms with Gasteiger partial charge in [0.15, 0.2) is 0 Å². The Morgan fingerprint density at radius 3 is 2.82 bits per heavy atom. The van der Waals surface area contributed by atoms with E-state index in [-0.39, 0.29) is 0 Å². The molecule has 1 saturated carbocycles. The predicted octanol–water partition coefficient (Wildman–Crippen LogP) is 0.519. The summed E-state index contributed by atoms with van der Waals surface area (Å²) in [5, 5.41) is 3.46. The molecule has 0 atom stereocenters. The molecule has 0 unspecified atom stereocenters. The van der Waals surface area contributed by atoms with Crippen LogP contribution in [-0.2, 0) is 0 Å². The lowest BCUT2D eigenvalue weighted by Gasteiger charge is -2.03. The van der Waals surface area contributed by atoms with E-state index in [1.54, 1.807) is 0 Å². The number of anilines is 1. The van der Waals surface area contributed by atoms with Gasteiger partial charge in [0, 0.05) is 11.7 Å². The van der Waals surface area contributed by atoms with Crippen LogP contribution in [-0.4, -0.2) is 13.9 Å². The summed E-state index contributed by atoms with van der Waals surface area (Å²) >= 11 is 0. The summed E-state index contributed by atoms with van der Waals surface area (Å²) in [5.74, 6) is 0. The van der Waals surface area contributed by atoms with Crippen molar-refractivity contribution in [2.75, 3.05) is 5.32 Å². The largest absolute Gasteiger partial charge is 0.382 e. The van der Waals surface area contributed by atoms with Gasteiger partial charge in [-0.2, -0.15) is 0 Å². The maximum atomic E-state index is 3.46. The van der Waals surface area contributed by atoms with E-state index in [2.05, 4.69) is 37.4 Å². The summed E-state index contributed by atoms with van der Waals surface area (Å²) < 4.78 is 0. The molecular formula is C9H12BN. The zero-order valence-corrected chi connectivity index (χ0v) is 6.80. The second-order valence-electron chi connectivity index (χ2n) is 3.29. The highest BCUT2D eigenvalue weighted by Gasteiger charge is 2.20. The van der Waals surface area contributed by atoms with Crippen LogP contribution in [0.15, 0.2) is 24.3 Å². The maximum Gasteiger partial charge on any atom is 0.139 e. The van der Waals surface area contributed by atoms with Gasteiger partial charge in [0.25, 0.3) is 0 Å². The molecule has 0 bridgehead atoms. The lowest BCUT2D eigenvalue weighted by Crippen LogP contribution is -2.06. The van der Waals surface area contributed by atoms with E-state index < -0.39 is 0 Å². The van der Waals surface area contributed by atoms with Crippen LogP contribution in [0.3, 0.4) is 0 Å². The molecule has 0 spiro atoms. The minimum atomic E-state index is 0.761. The highest BCUT2D eigenvalue weighted by molar-refractivity contribution is 6.32. The first-order valence-corrected chi connectivity index (χ1v) is 4.18. The van der Waals surface area contributed by atoms with Crippen LogP contribution >= 0.6 is 0 Å². The van der Waals surface area contributed by atoms with E-state index in [0.29, 0.717) is 0 Å². The fraction of sp³-hybridized carbons (Fsp3) is 0.333. The molecule has 1 nitrogen and oxygen atoms in total. The number of benzene rings is 1. The third kappa shape index (κ3) is 1.76. The van der Waals surface area contributed by atoms with Gasteiger partial charge >= 0.3 is 0 Å². The molecule has 56 valence electrons. The molecule has 0 saturated heterocycles. The summed E-state index contributed by atoms with van der Waals surface area (Å²) in [4.78, 5) is 0. The predicted molar refractivity (Wildman–Crippen MR) is 51.3 cm³/mol. The summed E-state index contributed by atoms with van der Waals surface area (Å²) in [6.45, 7) is 0. The number of hydrogen-bond donors (Lipinski definition) is 1. The van der Waals surface area contributed by atoms with E-state index >= 15 is 0 Å². The molecule has 0 aliphatic heterocycles. The third-order valence-electron chi connectivity index (χ3n) is 1.97. The highest BCUT2D eigenvalue weighted by Crippen LogP contribution is 2.23. The van der Waals surface area contributed by atoms with Crippen molar-refractivity contribution in [3.8, 4) is 0 Å². The van der Waals surface area contributed by atoms with E-state index in [1.807, 2.05) is 0 Å². The van der Waals surface area contributed by atoms with Crippen molar-refractivity contribution in [3.63, 3.8) is 0 Å². The van der Waals surface area contributed by atoms with Gasteiger partial charge in [0.05, 0.1) is 0 Å². The van der Waals surface area contributed by atoms with Gasteiger partial charge < -0.3 is 5.32 Å². The zero-order chi connectivity index (χ0) is 7.68. The molecule has 1 aliphatic carbocycles. The molecule has 1 aliphatic rings. The molecule has 0 radical (unpaired) electrons. The van der Waals surface area contributed by atoms with Gasteiger partial charge in [-0.15, -0.1) is 0 Å². The number of nitrogens with one attached hydrogen (secondary N) is 1. The Hall–Kier alpha value is -0.915. The number of rotatable bonds is 2. The number of hydrogen-bond acceptors (Lipinski definition) is 1. The molecule has 1 fully saturated rings. The van der Waals surface area contributed by atoms with Gasteiger partial charge in [-0.1, -0.05) is 17.6 Å². The van der Waals surface area contributed by atoms with E-state index in [1.165, 1.54) is 24.0 Å². The molecule has 1 aromatic rings. The molecule has 0 amide bonds. The monoisotopic (exact) mass is 145 g/mol. The lowest BCUT2D eigenvalue weighted by molar-refractivity contribution is 1.16. The van der Waals surface area contributed by atoms with Crippen LogP contribution in [0.4, 0.5) is 5.69 Å².